The fourth-order valence-corrected chi connectivity index (χ4v) is 3.83. The Hall–Kier alpha value is -0.450. The SMILES string of the molecule is COC1(c2nc(C(=O)CCl)cs2)CCCC(C)C1. The lowest BCUT2D eigenvalue weighted by molar-refractivity contribution is -0.0580. The van der Waals surface area contributed by atoms with E-state index in [-0.39, 0.29) is 17.3 Å². The van der Waals surface area contributed by atoms with E-state index in [1.807, 2.05) is 0 Å². The Morgan fingerprint density at radius 1 is 1.72 bits per heavy atom. The van der Waals surface area contributed by atoms with Gasteiger partial charge in [0.1, 0.15) is 16.3 Å². The van der Waals surface area contributed by atoms with E-state index in [2.05, 4.69) is 11.9 Å². The molecule has 1 saturated carbocycles. The molecule has 1 heterocycles. The Balaban J connectivity index is 2.27. The molecule has 1 aromatic heterocycles. The molecular formula is C13H18ClNO2S. The van der Waals surface area contributed by atoms with Crippen LogP contribution in [0.2, 0.25) is 0 Å². The van der Waals surface area contributed by atoms with Crippen molar-refractivity contribution in [3.05, 3.63) is 16.1 Å². The number of rotatable bonds is 4. The molecule has 0 aliphatic heterocycles. The normalized spacial score (nSPS) is 28.3. The first-order valence-corrected chi connectivity index (χ1v) is 7.63. The second-order valence-electron chi connectivity index (χ2n) is 4.99. The fourth-order valence-electron chi connectivity index (χ4n) is 2.65. The zero-order valence-corrected chi connectivity index (χ0v) is 12.3. The summed E-state index contributed by atoms with van der Waals surface area (Å²) in [6, 6.07) is 0. The number of methoxy groups -OCH3 is 1. The van der Waals surface area contributed by atoms with Crippen LogP contribution < -0.4 is 0 Å². The molecule has 3 nitrogen and oxygen atoms in total. The minimum absolute atomic E-state index is 0.0143. The lowest BCUT2D eigenvalue weighted by Crippen LogP contribution is -2.34. The van der Waals surface area contributed by atoms with Gasteiger partial charge in [-0.1, -0.05) is 13.3 Å². The van der Waals surface area contributed by atoms with Crippen molar-refractivity contribution in [3.8, 4) is 0 Å². The highest BCUT2D eigenvalue weighted by Gasteiger charge is 2.39. The Labute approximate surface area is 117 Å². The highest BCUT2D eigenvalue weighted by molar-refractivity contribution is 7.10. The van der Waals surface area contributed by atoms with Gasteiger partial charge in [0.05, 0.1) is 5.88 Å². The molecule has 0 N–H and O–H groups in total. The molecule has 0 amide bonds. The number of carbonyl (C=O) groups is 1. The minimum atomic E-state index is -0.298. The van der Waals surface area contributed by atoms with Crippen molar-refractivity contribution >= 4 is 28.7 Å². The molecule has 0 radical (unpaired) electrons. The summed E-state index contributed by atoms with van der Waals surface area (Å²) in [5.74, 6) is 0.503. The average Bonchev–Trinajstić information content (AvgIpc) is 2.87. The molecule has 1 fully saturated rings. The van der Waals surface area contributed by atoms with Crippen molar-refractivity contribution in [2.45, 2.75) is 38.2 Å². The number of thiazole rings is 1. The van der Waals surface area contributed by atoms with Crippen molar-refractivity contribution in [1.29, 1.82) is 0 Å². The number of carbonyl (C=O) groups excluding carboxylic acids is 1. The highest BCUT2D eigenvalue weighted by atomic mass is 35.5. The first-order valence-electron chi connectivity index (χ1n) is 6.21. The number of Topliss-reactive ketones (excluding diaryl/α,β-unsaturated/α-hetero) is 1. The van der Waals surface area contributed by atoms with Crippen LogP contribution in [-0.4, -0.2) is 23.8 Å². The average molecular weight is 288 g/mol. The molecular weight excluding hydrogens is 270 g/mol. The zero-order valence-electron chi connectivity index (χ0n) is 10.7. The summed E-state index contributed by atoms with van der Waals surface area (Å²) in [6.45, 7) is 2.24. The summed E-state index contributed by atoms with van der Waals surface area (Å²) < 4.78 is 5.77. The van der Waals surface area contributed by atoms with Gasteiger partial charge in [-0.2, -0.15) is 0 Å². The van der Waals surface area contributed by atoms with Crippen LogP contribution in [0.3, 0.4) is 0 Å². The lowest BCUT2D eigenvalue weighted by Gasteiger charge is -2.37. The number of aromatic nitrogens is 1. The van der Waals surface area contributed by atoms with Gasteiger partial charge in [-0.25, -0.2) is 4.98 Å². The van der Waals surface area contributed by atoms with E-state index >= 15 is 0 Å². The van der Waals surface area contributed by atoms with Gasteiger partial charge in [0, 0.05) is 12.5 Å². The first-order chi connectivity index (χ1) is 8.61. The van der Waals surface area contributed by atoms with Crippen molar-refractivity contribution in [1.82, 2.24) is 4.98 Å². The largest absolute Gasteiger partial charge is 0.371 e. The first kappa shape index (κ1) is 14.0. The lowest BCUT2D eigenvalue weighted by atomic mass is 9.79. The number of alkyl halides is 1. The zero-order chi connectivity index (χ0) is 13.2. The van der Waals surface area contributed by atoms with E-state index in [1.54, 1.807) is 12.5 Å². The summed E-state index contributed by atoms with van der Waals surface area (Å²) in [5, 5.41) is 2.71. The number of ether oxygens (including phenoxy) is 1. The van der Waals surface area contributed by atoms with E-state index in [0.29, 0.717) is 11.6 Å². The maximum atomic E-state index is 11.5. The standard InChI is InChI=1S/C13H18ClNO2S/c1-9-4-3-5-13(6-9,17-2)12-15-10(8-18-12)11(16)7-14/h8-9H,3-7H2,1-2H3. The third-order valence-corrected chi connectivity index (χ3v) is 4.92. The van der Waals surface area contributed by atoms with Gasteiger partial charge in [0.2, 0.25) is 0 Å². The van der Waals surface area contributed by atoms with Crippen LogP contribution in [-0.2, 0) is 10.3 Å². The smallest absolute Gasteiger partial charge is 0.196 e. The van der Waals surface area contributed by atoms with Gasteiger partial charge in [-0.15, -0.1) is 22.9 Å². The van der Waals surface area contributed by atoms with Crippen molar-refractivity contribution in [2.24, 2.45) is 5.92 Å². The van der Waals surface area contributed by atoms with Crippen LogP contribution in [0.4, 0.5) is 0 Å². The minimum Gasteiger partial charge on any atom is -0.371 e. The van der Waals surface area contributed by atoms with Crippen molar-refractivity contribution < 1.29 is 9.53 Å². The van der Waals surface area contributed by atoms with Gasteiger partial charge in [0.25, 0.3) is 0 Å². The summed E-state index contributed by atoms with van der Waals surface area (Å²) in [7, 11) is 1.74. The number of nitrogens with zero attached hydrogens (tertiary/aromatic N) is 1. The second-order valence-corrected chi connectivity index (χ2v) is 6.12. The summed E-state index contributed by atoms with van der Waals surface area (Å²) in [6.07, 6.45) is 4.35. The van der Waals surface area contributed by atoms with Gasteiger partial charge in [0.15, 0.2) is 5.78 Å². The number of hydrogen-bond acceptors (Lipinski definition) is 4. The fraction of sp³-hybridized carbons (Fsp3) is 0.692. The van der Waals surface area contributed by atoms with Gasteiger partial charge in [-0.05, 0) is 25.2 Å². The Kier molecular flexibility index (Phi) is 4.41. The maximum absolute atomic E-state index is 11.5. The Morgan fingerprint density at radius 2 is 2.50 bits per heavy atom. The number of hydrogen-bond donors (Lipinski definition) is 0. The van der Waals surface area contributed by atoms with Crippen molar-refractivity contribution in [3.63, 3.8) is 0 Å². The molecule has 1 aliphatic rings. The summed E-state index contributed by atoms with van der Waals surface area (Å²) >= 11 is 7.07. The topological polar surface area (TPSA) is 39.2 Å². The molecule has 0 aromatic carbocycles. The molecule has 0 saturated heterocycles. The van der Waals surface area contributed by atoms with Crippen LogP contribution in [0.15, 0.2) is 5.38 Å². The summed E-state index contributed by atoms with van der Waals surface area (Å²) in [4.78, 5) is 16.0. The van der Waals surface area contributed by atoms with Gasteiger partial charge >= 0.3 is 0 Å². The third kappa shape index (κ3) is 2.60. The molecule has 0 bridgehead atoms. The van der Waals surface area contributed by atoms with E-state index in [0.717, 1.165) is 24.3 Å². The molecule has 1 aliphatic carbocycles. The van der Waals surface area contributed by atoms with E-state index in [9.17, 15) is 4.79 Å². The Bertz CT molecular complexity index is 434. The molecule has 2 atom stereocenters. The second kappa shape index (κ2) is 5.68. The van der Waals surface area contributed by atoms with Crippen LogP contribution in [0.1, 0.15) is 48.1 Å². The molecule has 1 aromatic rings. The summed E-state index contributed by atoms with van der Waals surface area (Å²) in [5.41, 5.74) is 0.173. The van der Waals surface area contributed by atoms with Crippen LogP contribution in [0, 0.1) is 5.92 Å². The van der Waals surface area contributed by atoms with E-state index in [1.165, 1.54) is 17.8 Å². The highest BCUT2D eigenvalue weighted by Crippen LogP contribution is 2.43. The predicted molar refractivity (Wildman–Crippen MR) is 73.5 cm³/mol. The number of halogens is 1. The molecule has 0 spiro atoms. The molecule has 2 rings (SSSR count). The van der Waals surface area contributed by atoms with Crippen LogP contribution in [0.25, 0.3) is 0 Å². The Morgan fingerprint density at radius 3 is 3.11 bits per heavy atom. The molecule has 100 valence electrons. The van der Waals surface area contributed by atoms with Gasteiger partial charge in [-0.3, -0.25) is 4.79 Å². The molecule has 2 unspecified atom stereocenters. The third-order valence-electron chi connectivity index (χ3n) is 3.65. The predicted octanol–water partition coefficient (Wildman–Crippen LogP) is 3.62. The van der Waals surface area contributed by atoms with E-state index in [4.69, 9.17) is 16.3 Å². The monoisotopic (exact) mass is 287 g/mol. The van der Waals surface area contributed by atoms with Gasteiger partial charge < -0.3 is 4.74 Å². The van der Waals surface area contributed by atoms with Crippen LogP contribution >= 0.6 is 22.9 Å². The number of ketones is 1. The van der Waals surface area contributed by atoms with Crippen molar-refractivity contribution in [2.75, 3.05) is 13.0 Å². The molecule has 18 heavy (non-hydrogen) atoms. The van der Waals surface area contributed by atoms with E-state index < -0.39 is 0 Å². The molecule has 5 heteroatoms. The quantitative estimate of drug-likeness (QED) is 0.627. The van der Waals surface area contributed by atoms with Crippen LogP contribution in [0.5, 0.6) is 0 Å². The maximum Gasteiger partial charge on any atom is 0.196 e.